The van der Waals surface area contributed by atoms with Crippen LogP contribution in [0.15, 0.2) is 119 Å². The Morgan fingerprint density at radius 2 is 0.913 bits per heavy atom. The minimum Gasteiger partial charge on any atom is -0.456 e. The minimum atomic E-state index is -4.84. The molecule has 0 spiro atoms. The smallest absolute Gasteiger partial charge is 0.298 e. The van der Waals surface area contributed by atoms with E-state index in [1.807, 2.05) is 0 Å². The van der Waals surface area contributed by atoms with Crippen LogP contribution >= 0.6 is 0 Å². The number of ether oxygens (including phenoxy) is 2. The van der Waals surface area contributed by atoms with Gasteiger partial charge in [0, 0.05) is 22.5 Å². The molecule has 4 aromatic carbocycles. The number of carbonyl (C=O) groups excluding carboxylic acids is 2. The van der Waals surface area contributed by atoms with Crippen LogP contribution in [-0.2, 0) is 29.8 Å². The van der Waals surface area contributed by atoms with Crippen molar-refractivity contribution in [1.82, 2.24) is 0 Å². The highest BCUT2D eigenvalue weighted by Gasteiger charge is 2.22. The molecule has 0 unspecified atom stereocenters. The Bertz CT molecular complexity index is 1920. The highest BCUT2D eigenvalue weighted by atomic mass is 32.2. The van der Waals surface area contributed by atoms with Gasteiger partial charge in [0.2, 0.25) is 0 Å². The zero-order valence-corrected chi connectivity index (χ0v) is 26.1. The summed E-state index contributed by atoms with van der Waals surface area (Å²) in [6.45, 7) is 10.2. The average molecular weight is 665 g/mol. The highest BCUT2D eigenvalue weighted by Crippen LogP contribution is 2.37. The molecule has 0 fully saturated rings. The van der Waals surface area contributed by atoms with Gasteiger partial charge in [-0.3, -0.25) is 18.7 Å². The van der Waals surface area contributed by atoms with Crippen molar-refractivity contribution in [2.24, 2.45) is 0 Å². The number of anilines is 2. The minimum absolute atomic E-state index is 0.159. The van der Waals surface area contributed by atoms with Crippen molar-refractivity contribution in [3.8, 4) is 34.1 Å². The second-order valence-electron chi connectivity index (χ2n) is 9.99. The molecule has 4 rings (SSSR count). The van der Waals surface area contributed by atoms with E-state index in [1.165, 1.54) is 72.8 Å². The molecule has 46 heavy (non-hydrogen) atoms. The van der Waals surface area contributed by atoms with Crippen LogP contribution in [0.4, 0.5) is 11.4 Å². The first-order valence-electron chi connectivity index (χ1n) is 13.2. The van der Waals surface area contributed by atoms with Crippen molar-refractivity contribution in [3.63, 3.8) is 0 Å². The van der Waals surface area contributed by atoms with Gasteiger partial charge in [-0.25, -0.2) is 0 Å². The Hall–Kier alpha value is -5.28. The number of carbonyl (C=O) groups is 2. The first-order chi connectivity index (χ1) is 21.5. The predicted octanol–water partition coefficient (Wildman–Crippen LogP) is 6.46. The van der Waals surface area contributed by atoms with E-state index in [0.29, 0.717) is 22.5 Å². The van der Waals surface area contributed by atoms with Crippen LogP contribution in [0, 0.1) is 0 Å². The summed E-state index contributed by atoms with van der Waals surface area (Å²) < 4.78 is 80.5. The lowest BCUT2D eigenvalue weighted by Crippen LogP contribution is -2.11. The van der Waals surface area contributed by atoms with E-state index >= 15 is 0 Å². The summed E-state index contributed by atoms with van der Waals surface area (Å²) in [5.41, 5.74) is 1.82. The van der Waals surface area contributed by atoms with Gasteiger partial charge in [0.1, 0.15) is 32.8 Å². The summed E-state index contributed by atoms with van der Waals surface area (Å²) >= 11 is 0. The van der Waals surface area contributed by atoms with Crippen LogP contribution in [0.5, 0.6) is 23.0 Å². The molecule has 4 N–H and O–H groups in total. The van der Waals surface area contributed by atoms with Crippen LogP contribution < -0.4 is 20.1 Å². The van der Waals surface area contributed by atoms with Gasteiger partial charge in [-0.15, -0.1) is 0 Å². The SMILES string of the molecule is C=C(C)C(=O)Nc1ccc(Oc2ccc(-c3ccc(Oc4ccc(NC(=O)C(=C)C)cc4)c(S(=O)(=O)O)c3)cc2S(=O)(=O)O)cc1. The van der Waals surface area contributed by atoms with E-state index in [-0.39, 0.29) is 45.9 Å². The van der Waals surface area contributed by atoms with Crippen molar-refractivity contribution >= 4 is 43.4 Å². The average Bonchev–Trinajstić information content (AvgIpc) is 2.98. The molecule has 0 saturated heterocycles. The molecule has 0 atom stereocenters. The van der Waals surface area contributed by atoms with E-state index < -0.39 is 30.0 Å². The molecular formula is C32H28N2O10S2. The molecule has 0 aromatic heterocycles. The first-order valence-corrected chi connectivity index (χ1v) is 16.1. The molecule has 0 radical (unpaired) electrons. The molecule has 238 valence electrons. The molecule has 14 heteroatoms. The van der Waals surface area contributed by atoms with Crippen molar-refractivity contribution in [2.45, 2.75) is 23.6 Å². The third-order valence-electron chi connectivity index (χ3n) is 6.23. The van der Waals surface area contributed by atoms with E-state index in [0.717, 1.165) is 12.1 Å². The Kier molecular flexibility index (Phi) is 9.77. The van der Waals surface area contributed by atoms with Crippen LogP contribution in [0.2, 0.25) is 0 Å². The summed E-state index contributed by atoms with van der Waals surface area (Å²) in [6, 6.07) is 19.5. The van der Waals surface area contributed by atoms with Gasteiger partial charge in [-0.05, 0) is 97.8 Å². The van der Waals surface area contributed by atoms with Crippen LogP contribution in [0.3, 0.4) is 0 Å². The molecule has 0 heterocycles. The molecule has 4 aromatic rings. The van der Waals surface area contributed by atoms with Crippen molar-refractivity contribution in [2.75, 3.05) is 10.6 Å². The first kappa shape index (κ1) is 33.6. The largest absolute Gasteiger partial charge is 0.456 e. The highest BCUT2D eigenvalue weighted by molar-refractivity contribution is 7.86. The Morgan fingerprint density at radius 1 is 0.587 bits per heavy atom. The maximum absolute atomic E-state index is 12.3. The quantitative estimate of drug-likeness (QED) is 0.102. The topological polar surface area (TPSA) is 185 Å². The Labute approximate surface area is 265 Å². The number of hydrogen-bond acceptors (Lipinski definition) is 8. The predicted molar refractivity (Wildman–Crippen MR) is 171 cm³/mol. The molecule has 0 aliphatic rings. The van der Waals surface area contributed by atoms with Crippen LogP contribution in [-0.4, -0.2) is 37.8 Å². The van der Waals surface area contributed by atoms with Crippen LogP contribution in [0.1, 0.15) is 13.8 Å². The van der Waals surface area contributed by atoms with E-state index in [4.69, 9.17) is 9.47 Å². The summed E-state index contributed by atoms with van der Waals surface area (Å²) in [6.07, 6.45) is 0. The zero-order valence-electron chi connectivity index (χ0n) is 24.5. The number of rotatable bonds is 11. The molecular weight excluding hydrogens is 636 g/mol. The van der Waals surface area contributed by atoms with Gasteiger partial charge in [0.15, 0.2) is 0 Å². The molecule has 0 bridgehead atoms. The number of hydrogen-bond donors (Lipinski definition) is 4. The Morgan fingerprint density at radius 3 is 1.20 bits per heavy atom. The second-order valence-corrected chi connectivity index (χ2v) is 12.8. The lowest BCUT2D eigenvalue weighted by molar-refractivity contribution is -0.113. The van der Waals surface area contributed by atoms with Gasteiger partial charge in [-0.2, -0.15) is 16.8 Å². The van der Waals surface area contributed by atoms with Crippen molar-refractivity contribution < 1.29 is 45.0 Å². The second kappa shape index (κ2) is 13.4. The Balaban J connectivity index is 1.62. The van der Waals surface area contributed by atoms with E-state index in [2.05, 4.69) is 23.8 Å². The van der Waals surface area contributed by atoms with E-state index in [1.54, 1.807) is 13.8 Å². The van der Waals surface area contributed by atoms with Gasteiger partial charge < -0.3 is 20.1 Å². The molecule has 2 amide bonds. The third kappa shape index (κ3) is 8.46. The molecule has 12 nitrogen and oxygen atoms in total. The van der Waals surface area contributed by atoms with Crippen molar-refractivity contribution in [3.05, 3.63) is 109 Å². The molecule has 0 saturated carbocycles. The zero-order chi connectivity index (χ0) is 33.8. The maximum Gasteiger partial charge on any atom is 0.298 e. The maximum atomic E-state index is 12.3. The summed E-state index contributed by atoms with van der Waals surface area (Å²) in [7, 11) is -9.67. The van der Waals surface area contributed by atoms with Crippen molar-refractivity contribution in [1.29, 1.82) is 0 Å². The number of benzene rings is 4. The fourth-order valence-corrected chi connectivity index (χ4v) is 5.17. The summed E-state index contributed by atoms with van der Waals surface area (Å²) in [5.74, 6) is -0.852. The van der Waals surface area contributed by atoms with Gasteiger partial charge >= 0.3 is 0 Å². The lowest BCUT2D eigenvalue weighted by Gasteiger charge is -2.14. The normalized spacial score (nSPS) is 11.3. The van der Waals surface area contributed by atoms with Gasteiger partial charge in [0.25, 0.3) is 32.1 Å². The summed E-state index contributed by atoms with van der Waals surface area (Å²) in [5, 5.41) is 5.24. The fraction of sp³-hybridized carbons (Fsp3) is 0.0625. The summed E-state index contributed by atoms with van der Waals surface area (Å²) in [4.78, 5) is 22.4. The standard InChI is InChI=1S/C32H28N2O10S2/c1-19(2)31(35)33-23-7-11-25(12-8-23)43-27-15-5-21(17-29(27)45(37,38)39)22-6-16-28(30(18-22)46(40,41)42)44-26-13-9-24(10-14-26)34-32(36)20(3)4/h5-18H,1,3H2,2,4H3,(H,33,35)(H,34,36)(H,37,38,39)(H,40,41,42). The van der Waals surface area contributed by atoms with Gasteiger partial charge in [0.05, 0.1) is 0 Å². The van der Waals surface area contributed by atoms with E-state index in [9.17, 15) is 35.5 Å². The molecule has 0 aliphatic carbocycles. The van der Waals surface area contributed by atoms with Crippen LogP contribution in [0.25, 0.3) is 11.1 Å². The molecule has 0 aliphatic heterocycles. The number of nitrogens with one attached hydrogen (secondary N) is 2. The number of amides is 2. The third-order valence-corrected chi connectivity index (χ3v) is 7.98. The monoisotopic (exact) mass is 664 g/mol. The fourth-order valence-electron chi connectivity index (χ4n) is 3.89. The van der Waals surface area contributed by atoms with Gasteiger partial charge in [-0.1, -0.05) is 25.3 Å². The lowest BCUT2D eigenvalue weighted by atomic mass is 10.1.